The van der Waals surface area contributed by atoms with Gasteiger partial charge in [-0.05, 0) is 36.2 Å². The number of pyridine rings is 1. The molecular formula is C17H15FN2O3S. The first-order chi connectivity index (χ1) is 11.4. The Morgan fingerprint density at radius 1 is 1.12 bits per heavy atom. The maximum Gasteiger partial charge on any atom is 0.248 e. The Hall–Kier alpha value is -2.51. The smallest absolute Gasteiger partial charge is 0.248 e. The van der Waals surface area contributed by atoms with E-state index < -0.39 is 20.7 Å². The molecular weight excluding hydrogens is 331 g/mol. The molecule has 0 saturated heterocycles. The molecule has 0 bridgehead atoms. The topological polar surface area (TPSA) is 79.0 Å². The van der Waals surface area contributed by atoms with Crippen molar-refractivity contribution in [3.05, 3.63) is 75.8 Å². The van der Waals surface area contributed by atoms with E-state index >= 15 is 0 Å². The van der Waals surface area contributed by atoms with Crippen LogP contribution in [0.1, 0.15) is 11.1 Å². The van der Waals surface area contributed by atoms with Crippen LogP contribution in [0.25, 0.3) is 10.9 Å². The average Bonchev–Trinajstić information content (AvgIpc) is 2.52. The normalized spacial score (nSPS) is 11.8. The van der Waals surface area contributed by atoms with Crippen molar-refractivity contribution in [1.29, 1.82) is 0 Å². The van der Waals surface area contributed by atoms with Crippen LogP contribution in [-0.4, -0.2) is 13.4 Å². The molecule has 0 aliphatic carbocycles. The summed E-state index contributed by atoms with van der Waals surface area (Å²) in [5, 5.41) is 0.726. The fourth-order valence-corrected chi connectivity index (χ4v) is 3.56. The molecule has 24 heavy (non-hydrogen) atoms. The number of aromatic amines is 1. The Balaban J connectivity index is 1.94. The lowest BCUT2D eigenvalue weighted by Gasteiger charge is -2.10. The minimum absolute atomic E-state index is 0.111. The Morgan fingerprint density at radius 3 is 2.62 bits per heavy atom. The highest BCUT2D eigenvalue weighted by Gasteiger charge is 2.19. The Labute approximate surface area is 138 Å². The summed E-state index contributed by atoms with van der Waals surface area (Å²) in [4.78, 5) is 14.0. The van der Waals surface area contributed by atoms with Gasteiger partial charge in [0, 0.05) is 23.5 Å². The Bertz CT molecular complexity index is 1070. The summed E-state index contributed by atoms with van der Waals surface area (Å²) in [6.45, 7) is 1.56. The van der Waals surface area contributed by atoms with Gasteiger partial charge in [-0.3, -0.25) is 4.79 Å². The SMILES string of the molecule is Cc1ccc(S(=O)(=O)NCc2cc(=O)[nH]c3ccccc23)c(F)c1. The highest BCUT2D eigenvalue weighted by atomic mass is 32.2. The largest absolute Gasteiger partial charge is 0.322 e. The van der Waals surface area contributed by atoms with E-state index in [0.717, 1.165) is 11.5 Å². The van der Waals surface area contributed by atoms with Crippen molar-refractivity contribution in [3.8, 4) is 0 Å². The molecule has 124 valence electrons. The molecule has 0 amide bonds. The van der Waals surface area contributed by atoms with E-state index in [-0.39, 0.29) is 12.1 Å². The summed E-state index contributed by atoms with van der Waals surface area (Å²) in [6.07, 6.45) is 0. The fraction of sp³-hybridized carbons (Fsp3) is 0.118. The summed E-state index contributed by atoms with van der Waals surface area (Å²) in [5.41, 5.74) is 1.43. The first kappa shape index (κ1) is 16.4. The van der Waals surface area contributed by atoms with Crippen molar-refractivity contribution in [2.24, 2.45) is 0 Å². The van der Waals surface area contributed by atoms with Gasteiger partial charge in [-0.15, -0.1) is 0 Å². The number of hydrogen-bond donors (Lipinski definition) is 2. The molecule has 0 atom stereocenters. The fourth-order valence-electron chi connectivity index (χ4n) is 2.50. The van der Waals surface area contributed by atoms with Crippen LogP contribution in [0.5, 0.6) is 0 Å². The number of aryl methyl sites for hydroxylation is 1. The van der Waals surface area contributed by atoms with Crippen LogP contribution in [0.15, 0.2) is 58.2 Å². The maximum absolute atomic E-state index is 13.9. The van der Waals surface area contributed by atoms with E-state index in [1.54, 1.807) is 31.2 Å². The molecule has 0 unspecified atom stereocenters. The third-order valence-electron chi connectivity index (χ3n) is 3.67. The monoisotopic (exact) mass is 346 g/mol. The van der Waals surface area contributed by atoms with Gasteiger partial charge in [-0.2, -0.15) is 0 Å². The molecule has 7 heteroatoms. The van der Waals surface area contributed by atoms with Gasteiger partial charge in [-0.1, -0.05) is 24.3 Å². The number of sulfonamides is 1. The van der Waals surface area contributed by atoms with Crippen LogP contribution in [0.3, 0.4) is 0 Å². The van der Waals surface area contributed by atoms with Crippen LogP contribution in [0.2, 0.25) is 0 Å². The summed E-state index contributed by atoms with van der Waals surface area (Å²) >= 11 is 0. The van der Waals surface area contributed by atoms with E-state index in [2.05, 4.69) is 9.71 Å². The molecule has 0 fully saturated rings. The van der Waals surface area contributed by atoms with Crippen molar-refractivity contribution in [2.45, 2.75) is 18.4 Å². The molecule has 2 aromatic carbocycles. The molecule has 5 nitrogen and oxygen atoms in total. The number of halogens is 1. The van der Waals surface area contributed by atoms with Crippen LogP contribution in [0, 0.1) is 12.7 Å². The quantitative estimate of drug-likeness (QED) is 0.762. The number of nitrogens with one attached hydrogen (secondary N) is 2. The number of benzene rings is 2. The lowest BCUT2D eigenvalue weighted by Crippen LogP contribution is -2.25. The summed E-state index contributed by atoms with van der Waals surface area (Å²) in [7, 11) is -4.02. The van der Waals surface area contributed by atoms with Gasteiger partial charge < -0.3 is 4.98 Å². The molecule has 0 radical (unpaired) electrons. The lowest BCUT2D eigenvalue weighted by molar-refractivity contribution is 0.556. The van der Waals surface area contributed by atoms with Crippen molar-refractivity contribution in [3.63, 3.8) is 0 Å². The first-order valence-electron chi connectivity index (χ1n) is 7.23. The minimum atomic E-state index is -4.02. The number of aromatic nitrogens is 1. The van der Waals surface area contributed by atoms with Crippen LogP contribution in [0.4, 0.5) is 4.39 Å². The standard InChI is InChI=1S/C17H15FN2O3S/c1-11-6-7-16(14(18)8-11)24(22,23)19-10-12-9-17(21)20-15-5-3-2-4-13(12)15/h2-9,19H,10H2,1H3,(H,20,21). The molecule has 0 aliphatic rings. The number of rotatable bonds is 4. The predicted octanol–water partition coefficient (Wildman–Crippen LogP) is 2.45. The zero-order valence-corrected chi connectivity index (χ0v) is 13.7. The molecule has 1 aromatic heterocycles. The van der Waals surface area contributed by atoms with Gasteiger partial charge in [0.15, 0.2) is 0 Å². The maximum atomic E-state index is 13.9. The lowest BCUT2D eigenvalue weighted by atomic mass is 10.1. The predicted molar refractivity (Wildman–Crippen MR) is 89.7 cm³/mol. The van der Waals surface area contributed by atoms with Crippen LogP contribution >= 0.6 is 0 Å². The second kappa shape index (κ2) is 6.18. The van der Waals surface area contributed by atoms with E-state index in [1.165, 1.54) is 18.2 Å². The molecule has 3 aromatic rings. The molecule has 0 spiro atoms. The van der Waals surface area contributed by atoms with E-state index in [0.29, 0.717) is 16.6 Å². The molecule has 0 aliphatic heterocycles. The highest BCUT2D eigenvalue weighted by Crippen LogP contribution is 2.18. The number of fused-ring (bicyclic) bond motifs is 1. The number of H-pyrrole nitrogens is 1. The van der Waals surface area contributed by atoms with Gasteiger partial charge in [0.2, 0.25) is 15.6 Å². The van der Waals surface area contributed by atoms with Gasteiger partial charge >= 0.3 is 0 Å². The summed E-state index contributed by atoms with van der Waals surface area (Å²) in [5.74, 6) is -0.807. The third kappa shape index (κ3) is 3.22. The van der Waals surface area contributed by atoms with Crippen molar-refractivity contribution >= 4 is 20.9 Å². The highest BCUT2D eigenvalue weighted by molar-refractivity contribution is 7.89. The van der Waals surface area contributed by atoms with Crippen molar-refractivity contribution < 1.29 is 12.8 Å². The Morgan fingerprint density at radius 2 is 1.88 bits per heavy atom. The van der Waals surface area contributed by atoms with E-state index in [4.69, 9.17) is 0 Å². The first-order valence-corrected chi connectivity index (χ1v) is 8.72. The summed E-state index contributed by atoms with van der Waals surface area (Å²) < 4.78 is 40.9. The van der Waals surface area contributed by atoms with Gasteiger partial charge in [0.05, 0.1) is 0 Å². The second-order valence-electron chi connectivity index (χ2n) is 5.46. The average molecular weight is 346 g/mol. The third-order valence-corrected chi connectivity index (χ3v) is 5.10. The van der Waals surface area contributed by atoms with Crippen molar-refractivity contribution in [1.82, 2.24) is 9.71 Å². The van der Waals surface area contributed by atoms with Gasteiger partial charge in [0.1, 0.15) is 10.7 Å². The second-order valence-corrected chi connectivity index (χ2v) is 7.20. The van der Waals surface area contributed by atoms with Gasteiger partial charge in [0.25, 0.3) is 0 Å². The van der Waals surface area contributed by atoms with Crippen molar-refractivity contribution in [2.75, 3.05) is 0 Å². The number of para-hydroxylation sites is 1. The van der Waals surface area contributed by atoms with Crippen LogP contribution < -0.4 is 10.3 Å². The van der Waals surface area contributed by atoms with E-state index in [1.807, 2.05) is 0 Å². The Kier molecular flexibility index (Phi) is 4.21. The zero-order valence-electron chi connectivity index (χ0n) is 12.8. The number of hydrogen-bond acceptors (Lipinski definition) is 3. The van der Waals surface area contributed by atoms with Crippen LogP contribution in [-0.2, 0) is 16.6 Å². The molecule has 0 saturated carbocycles. The zero-order chi connectivity index (χ0) is 17.3. The van der Waals surface area contributed by atoms with Gasteiger partial charge in [-0.25, -0.2) is 17.5 Å². The van der Waals surface area contributed by atoms with E-state index in [9.17, 15) is 17.6 Å². The molecule has 3 rings (SSSR count). The molecule has 1 heterocycles. The molecule has 2 N–H and O–H groups in total. The summed E-state index contributed by atoms with van der Waals surface area (Å²) in [6, 6.07) is 12.3. The minimum Gasteiger partial charge on any atom is -0.322 e.